The first-order valence-electron chi connectivity index (χ1n) is 6.54. The summed E-state index contributed by atoms with van der Waals surface area (Å²) >= 11 is 0. The van der Waals surface area contributed by atoms with Crippen LogP contribution < -0.4 is 0 Å². The Bertz CT molecular complexity index is 390. The van der Waals surface area contributed by atoms with Crippen LogP contribution in [0.3, 0.4) is 0 Å². The lowest BCUT2D eigenvalue weighted by molar-refractivity contribution is -0.173. The zero-order chi connectivity index (χ0) is 16.4. The summed E-state index contributed by atoms with van der Waals surface area (Å²) < 4.78 is 14.0. The van der Waals surface area contributed by atoms with Gasteiger partial charge in [-0.05, 0) is 13.3 Å². The number of carbonyl (C=O) groups is 4. The number of carboxylic acid groups (broad SMARTS) is 1. The van der Waals surface area contributed by atoms with Gasteiger partial charge in [-0.1, -0.05) is 13.3 Å². The lowest BCUT2D eigenvalue weighted by atomic mass is 10.2. The third-order valence-electron chi connectivity index (χ3n) is 2.32. The fraction of sp³-hybridized carbons (Fsp3) is 0.692. The zero-order valence-corrected chi connectivity index (χ0v) is 12.3. The van der Waals surface area contributed by atoms with Crippen molar-refractivity contribution in [3.8, 4) is 0 Å². The number of carboxylic acids is 1. The van der Waals surface area contributed by atoms with E-state index in [-0.39, 0.29) is 6.61 Å². The van der Waals surface area contributed by atoms with Crippen molar-refractivity contribution in [1.82, 2.24) is 0 Å². The van der Waals surface area contributed by atoms with Crippen molar-refractivity contribution in [3.63, 3.8) is 0 Å². The number of ether oxygens (including phenoxy) is 3. The normalized spacial score (nSPS) is 12.9. The molecule has 2 atom stereocenters. The lowest BCUT2D eigenvalue weighted by Crippen LogP contribution is -2.32. The monoisotopic (exact) mass is 304 g/mol. The molecule has 1 N–H and O–H groups in total. The van der Waals surface area contributed by atoms with Crippen molar-refractivity contribution >= 4 is 23.9 Å². The number of hydrogen-bond donors (Lipinski definition) is 1. The fourth-order valence-electron chi connectivity index (χ4n) is 1.26. The molecule has 120 valence electrons. The Morgan fingerprint density at radius 3 is 2.24 bits per heavy atom. The summed E-state index contributed by atoms with van der Waals surface area (Å²) in [6, 6.07) is 0. The fourth-order valence-corrected chi connectivity index (χ4v) is 1.26. The number of unbranched alkanes of at least 4 members (excludes halogenated alkanes) is 1. The molecule has 21 heavy (non-hydrogen) atoms. The molecule has 8 nitrogen and oxygen atoms in total. The second-order valence-corrected chi connectivity index (χ2v) is 4.29. The van der Waals surface area contributed by atoms with Gasteiger partial charge in [0, 0.05) is 6.92 Å². The maximum atomic E-state index is 11.5. The first-order valence-corrected chi connectivity index (χ1v) is 6.54. The molecule has 0 amide bonds. The van der Waals surface area contributed by atoms with Gasteiger partial charge in [-0.15, -0.1) is 0 Å². The molecule has 0 saturated carbocycles. The van der Waals surface area contributed by atoms with Gasteiger partial charge < -0.3 is 19.3 Å². The zero-order valence-electron chi connectivity index (χ0n) is 12.3. The largest absolute Gasteiger partial charge is 0.478 e. The summed E-state index contributed by atoms with van der Waals surface area (Å²) in [4.78, 5) is 44.4. The smallest absolute Gasteiger partial charge is 0.347 e. The van der Waals surface area contributed by atoms with Crippen molar-refractivity contribution in [2.75, 3.05) is 6.61 Å². The van der Waals surface area contributed by atoms with Crippen LogP contribution in [0.15, 0.2) is 0 Å². The Labute approximate surface area is 122 Å². The number of esters is 3. The molecule has 0 aliphatic heterocycles. The predicted octanol–water partition coefficient (Wildman–Crippen LogP) is 0.668. The Morgan fingerprint density at radius 1 is 1.14 bits per heavy atom. The first kappa shape index (κ1) is 18.9. The molecule has 0 aromatic rings. The van der Waals surface area contributed by atoms with Crippen molar-refractivity contribution in [2.24, 2.45) is 0 Å². The van der Waals surface area contributed by atoms with E-state index in [0.717, 1.165) is 13.3 Å². The van der Waals surface area contributed by atoms with E-state index < -0.39 is 42.5 Å². The van der Waals surface area contributed by atoms with E-state index in [4.69, 9.17) is 14.6 Å². The third-order valence-corrected chi connectivity index (χ3v) is 2.32. The van der Waals surface area contributed by atoms with Crippen molar-refractivity contribution < 1.29 is 38.5 Å². The molecule has 0 spiro atoms. The van der Waals surface area contributed by atoms with Crippen LogP contribution in [0.5, 0.6) is 0 Å². The third kappa shape index (κ3) is 8.61. The molecule has 0 unspecified atom stereocenters. The summed E-state index contributed by atoms with van der Waals surface area (Å²) in [5.41, 5.74) is 0. The first-order chi connectivity index (χ1) is 9.77. The van der Waals surface area contributed by atoms with Crippen LogP contribution in [0.1, 0.15) is 40.0 Å². The van der Waals surface area contributed by atoms with Gasteiger partial charge >= 0.3 is 23.9 Å². The number of rotatable bonds is 9. The summed E-state index contributed by atoms with van der Waals surface area (Å²) in [6.07, 6.45) is -1.93. The molecule has 0 fully saturated rings. The maximum absolute atomic E-state index is 11.5. The molecule has 0 bridgehead atoms. The van der Waals surface area contributed by atoms with Crippen LogP contribution in [-0.2, 0) is 33.4 Å². The lowest BCUT2D eigenvalue weighted by Gasteiger charge is -2.15. The van der Waals surface area contributed by atoms with Crippen LogP contribution in [0.25, 0.3) is 0 Å². The van der Waals surface area contributed by atoms with Gasteiger partial charge in [0.2, 0.25) is 6.10 Å². The number of hydrogen-bond acceptors (Lipinski definition) is 7. The SMILES string of the molecule is CCCCOC(=O)[C@H](C)OC(=O)C[C@H](OC(C)=O)C(=O)O. The Kier molecular flexibility index (Phi) is 8.75. The van der Waals surface area contributed by atoms with E-state index >= 15 is 0 Å². The molecular formula is C13H20O8. The summed E-state index contributed by atoms with van der Waals surface area (Å²) in [6.45, 7) is 4.49. The van der Waals surface area contributed by atoms with Crippen LogP contribution in [0, 0.1) is 0 Å². The second kappa shape index (κ2) is 9.73. The van der Waals surface area contributed by atoms with Gasteiger partial charge in [-0.3, -0.25) is 9.59 Å². The minimum absolute atomic E-state index is 0.225. The molecule has 0 aliphatic rings. The second-order valence-electron chi connectivity index (χ2n) is 4.29. The molecule has 0 aromatic heterocycles. The van der Waals surface area contributed by atoms with E-state index in [9.17, 15) is 19.2 Å². The van der Waals surface area contributed by atoms with E-state index in [1.54, 1.807) is 0 Å². The molecule has 0 aliphatic carbocycles. The highest BCUT2D eigenvalue weighted by Crippen LogP contribution is 2.05. The molecule has 0 heterocycles. The number of aliphatic carboxylic acids is 1. The van der Waals surface area contributed by atoms with Gasteiger partial charge in [0.25, 0.3) is 0 Å². The van der Waals surface area contributed by atoms with Gasteiger partial charge in [-0.2, -0.15) is 0 Å². The van der Waals surface area contributed by atoms with E-state index in [0.29, 0.717) is 6.42 Å². The van der Waals surface area contributed by atoms with Crippen LogP contribution in [0.2, 0.25) is 0 Å². The summed E-state index contributed by atoms with van der Waals surface area (Å²) in [5, 5.41) is 8.78. The Hall–Kier alpha value is -2.12. The Balaban J connectivity index is 4.29. The molecule has 0 aromatic carbocycles. The summed E-state index contributed by atoms with van der Waals surface area (Å²) in [5.74, 6) is -3.98. The molecule has 0 radical (unpaired) electrons. The topological polar surface area (TPSA) is 116 Å². The van der Waals surface area contributed by atoms with Gasteiger partial charge in [0.1, 0.15) is 0 Å². The van der Waals surface area contributed by atoms with Crippen LogP contribution in [-0.4, -0.2) is 47.8 Å². The van der Waals surface area contributed by atoms with Crippen molar-refractivity contribution in [2.45, 2.75) is 52.2 Å². The quantitative estimate of drug-likeness (QED) is 0.375. The molecular weight excluding hydrogens is 284 g/mol. The van der Waals surface area contributed by atoms with E-state index in [2.05, 4.69) is 4.74 Å². The van der Waals surface area contributed by atoms with Crippen molar-refractivity contribution in [3.05, 3.63) is 0 Å². The maximum Gasteiger partial charge on any atom is 0.347 e. The minimum Gasteiger partial charge on any atom is -0.478 e. The average molecular weight is 304 g/mol. The highest BCUT2D eigenvalue weighted by molar-refractivity contribution is 5.84. The van der Waals surface area contributed by atoms with Crippen LogP contribution in [0.4, 0.5) is 0 Å². The highest BCUT2D eigenvalue weighted by Gasteiger charge is 2.27. The van der Waals surface area contributed by atoms with Gasteiger partial charge in [0.05, 0.1) is 13.0 Å². The highest BCUT2D eigenvalue weighted by atomic mass is 16.6. The van der Waals surface area contributed by atoms with Crippen LogP contribution >= 0.6 is 0 Å². The Morgan fingerprint density at radius 2 is 1.76 bits per heavy atom. The molecule has 0 rings (SSSR count). The molecule has 8 heteroatoms. The van der Waals surface area contributed by atoms with E-state index in [1.807, 2.05) is 6.92 Å². The standard InChI is InChI=1S/C13H20O8/c1-4-5-6-19-13(18)8(2)20-11(15)7-10(12(16)17)21-9(3)14/h8,10H,4-7H2,1-3H3,(H,16,17)/t8-,10-/m0/s1. The van der Waals surface area contributed by atoms with Gasteiger partial charge in [-0.25, -0.2) is 9.59 Å². The predicted molar refractivity (Wildman–Crippen MR) is 69.2 cm³/mol. The van der Waals surface area contributed by atoms with Gasteiger partial charge in [0.15, 0.2) is 6.10 Å². The number of carbonyl (C=O) groups excluding carboxylic acids is 3. The van der Waals surface area contributed by atoms with E-state index in [1.165, 1.54) is 6.92 Å². The summed E-state index contributed by atoms with van der Waals surface area (Å²) in [7, 11) is 0. The molecule has 0 saturated heterocycles. The van der Waals surface area contributed by atoms with Crippen molar-refractivity contribution in [1.29, 1.82) is 0 Å². The average Bonchev–Trinajstić information content (AvgIpc) is 2.37. The minimum atomic E-state index is -1.64.